The van der Waals surface area contributed by atoms with Crippen LogP contribution in [-0.4, -0.2) is 19.6 Å². The van der Waals surface area contributed by atoms with Gasteiger partial charge in [0.15, 0.2) is 0 Å². The fraction of sp³-hybridized carbons (Fsp3) is 0.647. The van der Waals surface area contributed by atoms with Gasteiger partial charge in [0, 0.05) is 29.3 Å². The van der Waals surface area contributed by atoms with Crippen molar-refractivity contribution in [3.63, 3.8) is 0 Å². The molecule has 112 valence electrons. The smallest absolute Gasteiger partial charge is 0.0415 e. The minimum Gasteiger partial charge on any atom is -0.371 e. The minimum absolute atomic E-state index is 0.401. The van der Waals surface area contributed by atoms with E-state index in [1.54, 1.807) is 0 Å². The number of hydrogen-bond donors (Lipinski definition) is 1. The van der Waals surface area contributed by atoms with Gasteiger partial charge in [0.05, 0.1) is 0 Å². The van der Waals surface area contributed by atoms with Crippen LogP contribution in [0.25, 0.3) is 0 Å². The summed E-state index contributed by atoms with van der Waals surface area (Å²) in [6.07, 6.45) is 4.02. The number of nitrogens with one attached hydrogen (secondary N) is 1. The van der Waals surface area contributed by atoms with E-state index < -0.39 is 0 Å². The molecule has 1 saturated heterocycles. The molecular formula is C17H27BrN2. The van der Waals surface area contributed by atoms with Crippen LogP contribution >= 0.6 is 15.9 Å². The van der Waals surface area contributed by atoms with Crippen molar-refractivity contribution in [3.05, 3.63) is 28.2 Å². The van der Waals surface area contributed by atoms with Crippen LogP contribution in [0.1, 0.15) is 51.6 Å². The predicted octanol–water partition coefficient (Wildman–Crippen LogP) is 4.75. The Balaban J connectivity index is 2.19. The van der Waals surface area contributed by atoms with Crippen LogP contribution in [0.3, 0.4) is 0 Å². The molecule has 1 aliphatic heterocycles. The SMILES string of the molecule is CCCC1CCN(c2ccc(Br)cc2C(C)NCC)C1. The Bertz CT molecular complexity index is 433. The molecule has 1 aliphatic rings. The van der Waals surface area contributed by atoms with E-state index in [0.717, 1.165) is 12.5 Å². The standard InChI is InChI=1S/C17H27BrN2/c1-4-6-14-9-10-20(12-14)17-8-7-15(18)11-16(17)13(3)19-5-2/h7-8,11,13-14,19H,4-6,9-10,12H2,1-3H3. The highest BCUT2D eigenvalue weighted by Gasteiger charge is 2.24. The van der Waals surface area contributed by atoms with Gasteiger partial charge in [0.1, 0.15) is 0 Å². The van der Waals surface area contributed by atoms with Crippen LogP contribution < -0.4 is 10.2 Å². The molecule has 1 N–H and O–H groups in total. The van der Waals surface area contributed by atoms with Crippen molar-refractivity contribution >= 4 is 21.6 Å². The summed E-state index contributed by atoms with van der Waals surface area (Å²) in [5.74, 6) is 0.880. The summed E-state index contributed by atoms with van der Waals surface area (Å²) in [6.45, 7) is 10.2. The number of nitrogens with zero attached hydrogens (tertiary/aromatic N) is 1. The molecule has 0 aliphatic carbocycles. The van der Waals surface area contributed by atoms with E-state index in [-0.39, 0.29) is 0 Å². The summed E-state index contributed by atoms with van der Waals surface area (Å²) in [6, 6.07) is 7.12. The van der Waals surface area contributed by atoms with Gasteiger partial charge in [-0.05, 0) is 56.0 Å². The Labute approximate surface area is 132 Å². The molecule has 1 fully saturated rings. The highest BCUT2D eigenvalue weighted by Crippen LogP contribution is 2.33. The van der Waals surface area contributed by atoms with Crippen LogP contribution in [-0.2, 0) is 0 Å². The zero-order valence-corrected chi connectivity index (χ0v) is 14.5. The lowest BCUT2D eigenvalue weighted by atomic mass is 10.0. The summed E-state index contributed by atoms with van der Waals surface area (Å²) >= 11 is 3.61. The van der Waals surface area contributed by atoms with Gasteiger partial charge in [-0.25, -0.2) is 0 Å². The van der Waals surface area contributed by atoms with Crippen LogP contribution in [0.5, 0.6) is 0 Å². The average molecular weight is 339 g/mol. The van der Waals surface area contributed by atoms with Crippen LogP contribution in [0.2, 0.25) is 0 Å². The first kappa shape index (κ1) is 15.8. The first-order valence-corrected chi connectivity index (χ1v) is 8.72. The molecule has 1 aromatic carbocycles. The molecule has 0 amide bonds. The maximum absolute atomic E-state index is 3.61. The second kappa shape index (κ2) is 7.46. The first-order valence-electron chi connectivity index (χ1n) is 7.93. The predicted molar refractivity (Wildman–Crippen MR) is 91.5 cm³/mol. The molecule has 0 spiro atoms. The molecular weight excluding hydrogens is 312 g/mol. The Morgan fingerprint density at radius 2 is 2.20 bits per heavy atom. The molecule has 20 heavy (non-hydrogen) atoms. The molecule has 3 heteroatoms. The third-order valence-electron chi connectivity index (χ3n) is 4.29. The third kappa shape index (κ3) is 3.76. The highest BCUT2D eigenvalue weighted by molar-refractivity contribution is 9.10. The molecule has 0 bridgehead atoms. The minimum atomic E-state index is 0.401. The van der Waals surface area contributed by atoms with E-state index >= 15 is 0 Å². The second-order valence-electron chi connectivity index (χ2n) is 5.87. The van der Waals surface area contributed by atoms with Gasteiger partial charge in [-0.3, -0.25) is 0 Å². The van der Waals surface area contributed by atoms with Gasteiger partial charge in [0.25, 0.3) is 0 Å². The molecule has 0 saturated carbocycles. The zero-order valence-electron chi connectivity index (χ0n) is 13.0. The number of hydrogen-bond acceptors (Lipinski definition) is 2. The average Bonchev–Trinajstić information content (AvgIpc) is 2.88. The van der Waals surface area contributed by atoms with Crippen molar-refractivity contribution < 1.29 is 0 Å². The maximum atomic E-state index is 3.61. The Morgan fingerprint density at radius 1 is 1.40 bits per heavy atom. The largest absolute Gasteiger partial charge is 0.371 e. The van der Waals surface area contributed by atoms with Crippen molar-refractivity contribution in [3.8, 4) is 0 Å². The summed E-state index contributed by atoms with van der Waals surface area (Å²) in [5.41, 5.74) is 2.83. The summed E-state index contributed by atoms with van der Waals surface area (Å²) in [4.78, 5) is 2.58. The zero-order chi connectivity index (χ0) is 14.5. The molecule has 2 atom stereocenters. The van der Waals surface area contributed by atoms with Crippen LogP contribution in [0.15, 0.2) is 22.7 Å². The van der Waals surface area contributed by atoms with E-state index in [0.29, 0.717) is 6.04 Å². The van der Waals surface area contributed by atoms with Crippen LogP contribution in [0.4, 0.5) is 5.69 Å². The fourth-order valence-electron chi connectivity index (χ4n) is 3.27. The Kier molecular flexibility index (Phi) is 5.91. The summed E-state index contributed by atoms with van der Waals surface area (Å²) in [5, 5.41) is 3.54. The molecule has 2 rings (SSSR count). The normalized spacial score (nSPS) is 20.4. The Hall–Kier alpha value is -0.540. The van der Waals surface area contributed by atoms with Gasteiger partial charge in [-0.2, -0.15) is 0 Å². The van der Waals surface area contributed by atoms with Crippen molar-refractivity contribution in [2.45, 2.75) is 46.1 Å². The lowest BCUT2D eigenvalue weighted by Gasteiger charge is -2.25. The molecule has 2 nitrogen and oxygen atoms in total. The molecule has 0 aromatic heterocycles. The lowest BCUT2D eigenvalue weighted by Crippen LogP contribution is -2.25. The van der Waals surface area contributed by atoms with E-state index in [9.17, 15) is 0 Å². The van der Waals surface area contributed by atoms with Gasteiger partial charge in [-0.1, -0.05) is 36.2 Å². The quantitative estimate of drug-likeness (QED) is 0.805. The van der Waals surface area contributed by atoms with Gasteiger partial charge < -0.3 is 10.2 Å². The number of benzene rings is 1. The highest BCUT2D eigenvalue weighted by atomic mass is 79.9. The van der Waals surface area contributed by atoms with E-state index in [2.05, 4.69) is 65.1 Å². The summed E-state index contributed by atoms with van der Waals surface area (Å²) in [7, 11) is 0. The van der Waals surface area contributed by atoms with Gasteiger partial charge >= 0.3 is 0 Å². The Morgan fingerprint density at radius 3 is 2.90 bits per heavy atom. The second-order valence-corrected chi connectivity index (χ2v) is 6.79. The molecule has 2 unspecified atom stereocenters. The monoisotopic (exact) mass is 338 g/mol. The van der Waals surface area contributed by atoms with Gasteiger partial charge in [0.2, 0.25) is 0 Å². The van der Waals surface area contributed by atoms with E-state index in [1.807, 2.05) is 0 Å². The first-order chi connectivity index (χ1) is 9.65. The third-order valence-corrected chi connectivity index (χ3v) is 4.78. The lowest BCUT2D eigenvalue weighted by molar-refractivity contribution is 0.529. The van der Waals surface area contributed by atoms with Crippen molar-refractivity contribution in [1.82, 2.24) is 5.32 Å². The van der Waals surface area contributed by atoms with Crippen LogP contribution in [0, 0.1) is 5.92 Å². The van der Waals surface area contributed by atoms with E-state index in [4.69, 9.17) is 0 Å². The maximum Gasteiger partial charge on any atom is 0.0415 e. The molecule has 1 aromatic rings. The van der Waals surface area contributed by atoms with Gasteiger partial charge in [-0.15, -0.1) is 0 Å². The molecule has 1 heterocycles. The van der Waals surface area contributed by atoms with Crippen molar-refractivity contribution in [2.24, 2.45) is 5.92 Å². The summed E-state index contributed by atoms with van der Waals surface area (Å²) < 4.78 is 1.17. The molecule has 0 radical (unpaired) electrons. The van der Waals surface area contributed by atoms with Crippen molar-refractivity contribution in [1.29, 1.82) is 0 Å². The topological polar surface area (TPSA) is 15.3 Å². The van der Waals surface area contributed by atoms with E-state index in [1.165, 1.54) is 48.1 Å². The number of rotatable bonds is 6. The number of anilines is 1. The number of halogens is 1. The fourth-order valence-corrected chi connectivity index (χ4v) is 3.65. The van der Waals surface area contributed by atoms with Crippen molar-refractivity contribution in [2.75, 3.05) is 24.5 Å².